The van der Waals surface area contributed by atoms with Crippen LogP contribution in [0.4, 0.5) is 14.6 Å². The second-order valence-corrected chi connectivity index (χ2v) is 4.77. The summed E-state index contributed by atoms with van der Waals surface area (Å²) in [6.07, 6.45) is 1.72. The third-order valence-corrected chi connectivity index (χ3v) is 3.53. The first kappa shape index (κ1) is 12.6. The van der Waals surface area contributed by atoms with Gasteiger partial charge in [0, 0.05) is 11.8 Å². The van der Waals surface area contributed by atoms with Crippen LogP contribution in [0.25, 0.3) is 16.8 Å². The Morgan fingerprint density at radius 2 is 1.90 bits per heavy atom. The molecule has 0 spiro atoms. The van der Waals surface area contributed by atoms with Crippen molar-refractivity contribution >= 4 is 11.5 Å². The lowest BCUT2D eigenvalue weighted by Gasteiger charge is -2.08. The van der Waals surface area contributed by atoms with Crippen LogP contribution in [-0.2, 0) is 0 Å². The Kier molecular flexibility index (Phi) is 2.71. The summed E-state index contributed by atoms with van der Waals surface area (Å²) in [6, 6.07) is 6.10. The average molecular weight is 273 g/mol. The van der Waals surface area contributed by atoms with Crippen molar-refractivity contribution in [2.75, 3.05) is 5.73 Å². The van der Waals surface area contributed by atoms with Gasteiger partial charge in [-0.05, 0) is 37.1 Å². The molecule has 0 atom stereocenters. The molecule has 0 saturated carbocycles. The van der Waals surface area contributed by atoms with Gasteiger partial charge in [-0.3, -0.25) is 4.40 Å². The largest absolute Gasteiger partial charge is 0.382 e. The number of aromatic nitrogens is 2. The first-order valence-electron chi connectivity index (χ1n) is 6.18. The van der Waals surface area contributed by atoms with Crippen molar-refractivity contribution in [3.63, 3.8) is 0 Å². The predicted molar refractivity (Wildman–Crippen MR) is 74.4 cm³/mol. The molecule has 0 aliphatic carbocycles. The van der Waals surface area contributed by atoms with Gasteiger partial charge in [-0.15, -0.1) is 0 Å². The Labute approximate surface area is 114 Å². The van der Waals surface area contributed by atoms with Gasteiger partial charge in [-0.2, -0.15) is 0 Å². The Bertz CT molecular complexity index is 822. The standard InChI is InChI=1S/C15H13F2N3/c1-8-11(4-3-5-12(8)16)10-6-13(17)15-19-14(18)9(2)20(15)7-10/h3-7H,18H2,1-2H3. The number of nitrogen functional groups attached to an aromatic ring is 1. The fourth-order valence-corrected chi connectivity index (χ4v) is 2.30. The molecule has 20 heavy (non-hydrogen) atoms. The van der Waals surface area contributed by atoms with Crippen molar-refractivity contribution in [2.24, 2.45) is 0 Å². The van der Waals surface area contributed by atoms with Crippen LogP contribution in [0.2, 0.25) is 0 Å². The van der Waals surface area contributed by atoms with E-state index in [9.17, 15) is 8.78 Å². The fraction of sp³-hybridized carbons (Fsp3) is 0.133. The number of aryl methyl sites for hydroxylation is 1. The number of anilines is 1. The maximum atomic E-state index is 14.1. The number of nitrogens with two attached hydrogens (primary N) is 1. The monoisotopic (exact) mass is 273 g/mol. The summed E-state index contributed by atoms with van der Waals surface area (Å²) in [5.74, 6) is -0.507. The molecule has 3 aromatic rings. The smallest absolute Gasteiger partial charge is 0.175 e. The minimum atomic E-state index is -0.481. The van der Waals surface area contributed by atoms with Gasteiger partial charge in [0.25, 0.3) is 0 Å². The molecular formula is C15H13F2N3. The summed E-state index contributed by atoms with van der Waals surface area (Å²) in [6.45, 7) is 3.43. The molecule has 0 aliphatic heterocycles. The number of fused-ring (bicyclic) bond motifs is 1. The van der Waals surface area contributed by atoms with Crippen molar-refractivity contribution < 1.29 is 8.78 Å². The van der Waals surface area contributed by atoms with Gasteiger partial charge < -0.3 is 5.73 Å². The second kappa shape index (κ2) is 4.30. The lowest BCUT2D eigenvalue weighted by molar-refractivity contribution is 0.618. The maximum Gasteiger partial charge on any atom is 0.175 e. The topological polar surface area (TPSA) is 43.3 Å². The molecular weight excluding hydrogens is 260 g/mol. The summed E-state index contributed by atoms with van der Waals surface area (Å²) < 4.78 is 29.3. The molecule has 2 aromatic heterocycles. The van der Waals surface area contributed by atoms with Gasteiger partial charge in [0.15, 0.2) is 11.5 Å². The SMILES string of the molecule is Cc1c(F)cccc1-c1cc(F)c2nc(N)c(C)n2c1. The molecule has 0 amide bonds. The van der Waals surface area contributed by atoms with E-state index in [0.717, 1.165) is 0 Å². The molecule has 1 aromatic carbocycles. The molecule has 2 N–H and O–H groups in total. The molecule has 0 aliphatic rings. The van der Waals surface area contributed by atoms with Gasteiger partial charge in [0.2, 0.25) is 0 Å². The molecule has 0 saturated heterocycles. The highest BCUT2D eigenvalue weighted by Gasteiger charge is 2.13. The maximum absolute atomic E-state index is 14.1. The van der Waals surface area contributed by atoms with Gasteiger partial charge in [0.1, 0.15) is 11.6 Å². The number of nitrogens with zero attached hydrogens (tertiary/aromatic N) is 2. The van der Waals surface area contributed by atoms with Crippen LogP contribution in [0.3, 0.4) is 0 Å². The molecule has 0 fully saturated rings. The molecule has 102 valence electrons. The van der Waals surface area contributed by atoms with Crippen molar-refractivity contribution in [3.8, 4) is 11.1 Å². The van der Waals surface area contributed by atoms with Gasteiger partial charge in [0.05, 0.1) is 5.69 Å². The van der Waals surface area contributed by atoms with Crippen LogP contribution in [0.15, 0.2) is 30.5 Å². The van der Waals surface area contributed by atoms with E-state index in [1.54, 1.807) is 36.6 Å². The highest BCUT2D eigenvalue weighted by atomic mass is 19.1. The van der Waals surface area contributed by atoms with E-state index in [4.69, 9.17) is 5.73 Å². The van der Waals surface area contributed by atoms with Crippen LogP contribution < -0.4 is 5.73 Å². The van der Waals surface area contributed by atoms with Gasteiger partial charge in [-0.1, -0.05) is 12.1 Å². The number of hydrogen-bond donors (Lipinski definition) is 1. The van der Waals surface area contributed by atoms with Crippen LogP contribution in [0.5, 0.6) is 0 Å². The molecule has 0 bridgehead atoms. The zero-order valence-electron chi connectivity index (χ0n) is 11.1. The lowest BCUT2D eigenvalue weighted by atomic mass is 10.0. The third kappa shape index (κ3) is 1.74. The van der Waals surface area contributed by atoms with E-state index in [2.05, 4.69) is 4.98 Å². The average Bonchev–Trinajstić information content (AvgIpc) is 2.70. The van der Waals surface area contributed by atoms with E-state index in [1.165, 1.54) is 12.1 Å². The van der Waals surface area contributed by atoms with Crippen LogP contribution >= 0.6 is 0 Å². The van der Waals surface area contributed by atoms with Crippen molar-refractivity contribution in [1.29, 1.82) is 0 Å². The summed E-state index contributed by atoms with van der Waals surface area (Å²) >= 11 is 0. The summed E-state index contributed by atoms with van der Waals surface area (Å²) in [4.78, 5) is 3.98. The molecule has 3 nitrogen and oxygen atoms in total. The van der Waals surface area contributed by atoms with Crippen LogP contribution in [-0.4, -0.2) is 9.38 Å². The van der Waals surface area contributed by atoms with E-state index >= 15 is 0 Å². The van der Waals surface area contributed by atoms with Crippen molar-refractivity contribution in [1.82, 2.24) is 9.38 Å². The molecule has 2 heterocycles. The highest BCUT2D eigenvalue weighted by molar-refractivity contribution is 5.69. The second-order valence-electron chi connectivity index (χ2n) is 4.77. The highest BCUT2D eigenvalue weighted by Crippen LogP contribution is 2.28. The zero-order valence-corrected chi connectivity index (χ0v) is 11.1. The number of halogens is 2. The number of hydrogen-bond acceptors (Lipinski definition) is 2. The first-order chi connectivity index (χ1) is 9.49. The predicted octanol–water partition coefficient (Wildman–Crippen LogP) is 3.48. The molecule has 0 unspecified atom stereocenters. The Morgan fingerprint density at radius 1 is 1.15 bits per heavy atom. The normalized spacial score (nSPS) is 11.2. The summed E-state index contributed by atoms with van der Waals surface area (Å²) in [5, 5.41) is 0. The number of pyridine rings is 1. The Hall–Kier alpha value is -2.43. The van der Waals surface area contributed by atoms with Gasteiger partial charge >= 0.3 is 0 Å². The summed E-state index contributed by atoms with van der Waals surface area (Å²) in [5.41, 5.74) is 8.27. The van der Waals surface area contributed by atoms with E-state index in [0.29, 0.717) is 22.4 Å². The zero-order chi connectivity index (χ0) is 14.4. The van der Waals surface area contributed by atoms with Crippen LogP contribution in [0.1, 0.15) is 11.3 Å². The quantitative estimate of drug-likeness (QED) is 0.737. The minimum Gasteiger partial charge on any atom is -0.382 e. The van der Waals surface area contributed by atoms with Crippen molar-refractivity contribution in [3.05, 3.63) is 53.4 Å². The number of benzene rings is 1. The van der Waals surface area contributed by atoms with E-state index in [1.807, 2.05) is 0 Å². The van der Waals surface area contributed by atoms with Crippen LogP contribution in [0, 0.1) is 25.5 Å². The first-order valence-corrected chi connectivity index (χ1v) is 6.18. The van der Waals surface area contributed by atoms with E-state index < -0.39 is 5.82 Å². The number of rotatable bonds is 1. The van der Waals surface area contributed by atoms with Crippen molar-refractivity contribution in [2.45, 2.75) is 13.8 Å². The molecule has 0 radical (unpaired) electrons. The molecule has 3 rings (SSSR count). The minimum absolute atomic E-state index is 0.179. The van der Waals surface area contributed by atoms with E-state index in [-0.39, 0.29) is 17.3 Å². The fourth-order valence-electron chi connectivity index (χ4n) is 2.30. The Balaban J connectivity index is 2.32. The molecule has 5 heteroatoms. The lowest BCUT2D eigenvalue weighted by Crippen LogP contribution is -1.95. The third-order valence-electron chi connectivity index (χ3n) is 3.53. The number of imidazole rings is 1. The Morgan fingerprint density at radius 3 is 2.65 bits per heavy atom. The van der Waals surface area contributed by atoms with Gasteiger partial charge in [-0.25, -0.2) is 13.8 Å². The summed E-state index contributed by atoms with van der Waals surface area (Å²) in [7, 11) is 0.